The van der Waals surface area contributed by atoms with Crippen molar-refractivity contribution in [3.8, 4) is 17.0 Å². The summed E-state index contributed by atoms with van der Waals surface area (Å²) in [6.07, 6.45) is 1.67. The lowest BCUT2D eigenvalue weighted by Gasteiger charge is -2.35. The number of likely N-dealkylation sites (tertiary alicyclic amines) is 1. The van der Waals surface area contributed by atoms with Gasteiger partial charge in [0.05, 0.1) is 22.7 Å². The van der Waals surface area contributed by atoms with Crippen LogP contribution in [0.25, 0.3) is 22.3 Å². The van der Waals surface area contributed by atoms with Gasteiger partial charge in [-0.1, -0.05) is 0 Å². The Labute approximate surface area is 210 Å². The Morgan fingerprint density at radius 3 is 2.68 bits per heavy atom. The normalized spacial score (nSPS) is 15.7. The number of nitrogens with zero attached hydrogens (tertiary/aromatic N) is 5. The number of methoxy groups -OCH3 is 1. The van der Waals surface area contributed by atoms with Gasteiger partial charge in [-0.25, -0.2) is 4.39 Å². The van der Waals surface area contributed by atoms with Gasteiger partial charge in [-0.3, -0.25) is 9.48 Å². The summed E-state index contributed by atoms with van der Waals surface area (Å²) in [5.41, 5.74) is 1.69. The monoisotopic (exact) mass is 583 g/mol. The van der Waals surface area contributed by atoms with Gasteiger partial charge in [-0.2, -0.15) is 5.10 Å². The molecule has 182 valence electrons. The van der Waals surface area contributed by atoms with Crippen LogP contribution in [0.1, 0.15) is 32.7 Å². The Bertz CT molecular complexity index is 1190. The van der Waals surface area contributed by atoms with Crippen LogP contribution >= 0.6 is 22.6 Å². The maximum absolute atomic E-state index is 14.1. The molecule has 11 heteroatoms. The zero-order valence-corrected chi connectivity index (χ0v) is 21.5. The minimum atomic E-state index is -0.793. The average Bonchev–Trinajstić information content (AvgIpc) is 3.14. The molecule has 1 saturated heterocycles. The third kappa shape index (κ3) is 5.15. The number of rotatable bonds is 8. The zero-order chi connectivity index (χ0) is 24.5. The Morgan fingerprint density at radius 2 is 2.00 bits per heavy atom. The molecule has 0 aliphatic carbocycles. The van der Waals surface area contributed by atoms with E-state index in [0.717, 1.165) is 35.1 Å². The molecule has 0 unspecified atom stereocenters. The molecule has 0 saturated carbocycles. The first-order valence-electron chi connectivity index (χ1n) is 11.0. The Kier molecular flexibility index (Phi) is 7.33. The predicted molar refractivity (Wildman–Crippen MR) is 132 cm³/mol. The van der Waals surface area contributed by atoms with Gasteiger partial charge in [0.25, 0.3) is 0 Å². The van der Waals surface area contributed by atoms with E-state index < -0.39 is 17.2 Å². The lowest BCUT2D eigenvalue weighted by molar-refractivity contribution is -0.148. The number of carboxylic acid groups (broad SMARTS) is 1. The second-order valence-electron chi connectivity index (χ2n) is 9.09. The summed E-state index contributed by atoms with van der Waals surface area (Å²) in [5.74, 6) is -0.743. The molecular weight excluding hydrogens is 556 g/mol. The standard InChI is InChI=1S/C23H27FIN5O4/c1-23(2,22(31)32)12-29-8-6-15(7-9-29)30-18-11-17(26-27-20(18)21(25)28-30)16-10-14(24)4-5-19(16)34-13-33-3/h4-5,10-11,15H,6-9,12-13H2,1-3H3,(H,31,32). The van der Waals surface area contributed by atoms with Gasteiger partial charge >= 0.3 is 5.97 Å². The molecule has 0 amide bonds. The number of fused-ring (bicyclic) bond motifs is 1. The number of halogens is 2. The van der Waals surface area contributed by atoms with Crippen LogP contribution in [-0.4, -0.2) is 69.5 Å². The average molecular weight is 583 g/mol. The Hall–Kier alpha value is -2.38. The predicted octanol–water partition coefficient (Wildman–Crippen LogP) is 3.97. The van der Waals surface area contributed by atoms with E-state index in [1.54, 1.807) is 19.9 Å². The summed E-state index contributed by atoms with van der Waals surface area (Å²) < 4.78 is 27.4. The quantitative estimate of drug-likeness (QED) is 0.314. The number of carboxylic acids is 1. The van der Waals surface area contributed by atoms with Crippen LogP contribution in [0.5, 0.6) is 5.75 Å². The van der Waals surface area contributed by atoms with Crippen molar-refractivity contribution in [3.63, 3.8) is 0 Å². The van der Waals surface area contributed by atoms with Gasteiger partial charge in [0.2, 0.25) is 0 Å². The molecule has 34 heavy (non-hydrogen) atoms. The molecule has 0 spiro atoms. The van der Waals surface area contributed by atoms with Crippen molar-refractivity contribution in [1.29, 1.82) is 0 Å². The molecule has 1 N–H and O–H groups in total. The fourth-order valence-corrected chi connectivity index (χ4v) is 4.83. The molecule has 4 rings (SSSR count). The largest absolute Gasteiger partial charge is 0.481 e. The second kappa shape index (κ2) is 10.1. The van der Waals surface area contributed by atoms with Gasteiger partial charge in [0, 0.05) is 32.3 Å². The van der Waals surface area contributed by atoms with E-state index in [1.165, 1.54) is 19.2 Å². The van der Waals surface area contributed by atoms with Crippen LogP contribution in [0, 0.1) is 14.9 Å². The minimum Gasteiger partial charge on any atom is -0.481 e. The molecule has 1 aliphatic rings. The fraction of sp³-hybridized carbons (Fsp3) is 0.478. The van der Waals surface area contributed by atoms with E-state index in [-0.39, 0.29) is 12.8 Å². The lowest BCUT2D eigenvalue weighted by atomic mass is 9.91. The van der Waals surface area contributed by atoms with Gasteiger partial charge in [-0.15, -0.1) is 10.2 Å². The van der Waals surface area contributed by atoms with Crippen molar-refractivity contribution >= 4 is 39.6 Å². The first-order valence-corrected chi connectivity index (χ1v) is 12.1. The first kappa shape index (κ1) is 24.7. The van der Waals surface area contributed by atoms with E-state index in [1.807, 2.05) is 10.7 Å². The molecule has 3 aromatic rings. The van der Waals surface area contributed by atoms with Crippen LogP contribution in [0.4, 0.5) is 4.39 Å². The smallest absolute Gasteiger partial charge is 0.310 e. The number of ether oxygens (including phenoxy) is 2. The SMILES string of the molecule is COCOc1ccc(F)cc1-c1cc2c(nn1)c(I)nn2C1CCN(CC(C)(C)C(=O)O)CC1. The fourth-order valence-electron chi connectivity index (χ4n) is 4.21. The molecule has 0 bridgehead atoms. The summed E-state index contributed by atoms with van der Waals surface area (Å²) in [4.78, 5) is 13.7. The topological polar surface area (TPSA) is 103 Å². The molecule has 2 aromatic heterocycles. The number of aliphatic carboxylic acids is 1. The molecule has 9 nitrogen and oxygen atoms in total. The first-order chi connectivity index (χ1) is 16.2. The van der Waals surface area contributed by atoms with Gasteiger partial charge < -0.3 is 19.5 Å². The summed E-state index contributed by atoms with van der Waals surface area (Å²) >= 11 is 2.15. The van der Waals surface area contributed by atoms with Crippen molar-refractivity contribution in [2.75, 3.05) is 33.5 Å². The van der Waals surface area contributed by atoms with Gasteiger partial charge in [0.1, 0.15) is 17.1 Å². The van der Waals surface area contributed by atoms with Crippen LogP contribution in [0.3, 0.4) is 0 Å². The number of benzene rings is 1. The highest BCUT2D eigenvalue weighted by molar-refractivity contribution is 14.1. The number of hydrogen-bond acceptors (Lipinski definition) is 7. The molecular formula is C23H27FIN5O4. The van der Waals surface area contributed by atoms with E-state index in [4.69, 9.17) is 14.6 Å². The molecule has 0 radical (unpaired) electrons. The van der Waals surface area contributed by atoms with Crippen LogP contribution in [0.15, 0.2) is 24.3 Å². The summed E-state index contributed by atoms with van der Waals surface area (Å²) in [5, 5.41) is 22.9. The van der Waals surface area contributed by atoms with Crippen molar-refractivity contribution in [2.45, 2.75) is 32.7 Å². The van der Waals surface area contributed by atoms with Crippen LogP contribution in [0.2, 0.25) is 0 Å². The Morgan fingerprint density at radius 1 is 1.26 bits per heavy atom. The number of hydrogen-bond donors (Lipinski definition) is 1. The van der Waals surface area contributed by atoms with Crippen molar-refractivity contribution in [2.24, 2.45) is 5.41 Å². The van der Waals surface area contributed by atoms with Crippen molar-refractivity contribution in [1.82, 2.24) is 24.9 Å². The van der Waals surface area contributed by atoms with E-state index in [0.29, 0.717) is 29.1 Å². The van der Waals surface area contributed by atoms with E-state index in [9.17, 15) is 14.3 Å². The third-order valence-corrected chi connectivity index (χ3v) is 6.79. The maximum Gasteiger partial charge on any atom is 0.310 e. The highest BCUT2D eigenvalue weighted by Gasteiger charge is 2.32. The van der Waals surface area contributed by atoms with Gasteiger partial charge in [0.15, 0.2) is 10.5 Å². The molecule has 1 fully saturated rings. The maximum atomic E-state index is 14.1. The summed E-state index contributed by atoms with van der Waals surface area (Å²) in [6.45, 7) is 5.60. The third-order valence-electron chi connectivity index (χ3n) is 6.06. The number of carbonyl (C=O) groups is 1. The Balaban J connectivity index is 1.61. The molecule has 3 heterocycles. The van der Waals surface area contributed by atoms with Crippen molar-refractivity contribution in [3.05, 3.63) is 33.8 Å². The van der Waals surface area contributed by atoms with Crippen molar-refractivity contribution < 1.29 is 23.8 Å². The lowest BCUT2D eigenvalue weighted by Crippen LogP contribution is -2.43. The minimum absolute atomic E-state index is 0.0292. The van der Waals surface area contributed by atoms with Gasteiger partial charge in [-0.05, 0) is 73.5 Å². The second-order valence-corrected chi connectivity index (χ2v) is 10.1. The number of piperidine rings is 1. The highest BCUT2D eigenvalue weighted by Crippen LogP contribution is 2.34. The highest BCUT2D eigenvalue weighted by atomic mass is 127. The number of aromatic nitrogens is 4. The zero-order valence-electron chi connectivity index (χ0n) is 19.3. The molecule has 1 aliphatic heterocycles. The van der Waals surface area contributed by atoms with Crippen LogP contribution < -0.4 is 4.74 Å². The molecule has 0 atom stereocenters. The molecule has 1 aromatic carbocycles. The summed E-state index contributed by atoms with van der Waals surface area (Å²) in [7, 11) is 1.52. The summed E-state index contributed by atoms with van der Waals surface area (Å²) in [6, 6.07) is 6.25. The van der Waals surface area contributed by atoms with E-state index >= 15 is 0 Å². The van der Waals surface area contributed by atoms with Crippen LogP contribution in [-0.2, 0) is 9.53 Å². The van der Waals surface area contributed by atoms with E-state index in [2.05, 4.69) is 37.7 Å².